The third-order valence-corrected chi connectivity index (χ3v) is 2.73. The molecule has 0 radical (unpaired) electrons. The molecule has 0 fully saturated rings. The number of amides is 1. The van der Waals surface area contributed by atoms with E-state index in [1.165, 1.54) is 0 Å². The standard InChI is InChI=1S/C10H13N3O.ClH/c1-10(2)6-4-5-7(11)12-8(6)13(3)9(10)14;/h4-5H,1-3H3,(H2,11,12);1H. The molecule has 5 heteroatoms. The highest BCUT2D eigenvalue weighted by Crippen LogP contribution is 2.39. The third kappa shape index (κ3) is 1.45. The summed E-state index contributed by atoms with van der Waals surface area (Å²) in [6.45, 7) is 3.80. The van der Waals surface area contributed by atoms with E-state index in [1.54, 1.807) is 18.0 Å². The molecule has 82 valence electrons. The van der Waals surface area contributed by atoms with Crippen LogP contribution in [0.1, 0.15) is 19.4 Å². The largest absolute Gasteiger partial charge is 0.384 e. The van der Waals surface area contributed by atoms with Crippen LogP contribution in [0.3, 0.4) is 0 Å². The van der Waals surface area contributed by atoms with Crippen LogP contribution in [0.25, 0.3) is 0 Å². The van der Waals surface area contributed by atoms with Gasteiger partial charge >= 0.3 is 0 Å². The van der Waals surface area contributed by atoms with Gasteiger partial charge in [0.2, 0.25) is 5.91 Å². The summed E-state index contributed by atoms with van der Waals surface area (Å²) in [7, 11) is 1.72. The molecule has 0 aliphatic carbocycles. The first-order chi connectivity index (χ1) is 6.44. The highest BCUT2D eigenvalue weighted by Gasteiger charge is 2.43. The number of fused-ring (bicyclic) bond motifs is 1. The molecule has 1 aliphatic rings. The lowest BCUT2D eigenvalue weighted by atomic mass is 9.87. The van der Waals surface area contributed by atoms with Crippen LogP contribution in [0.5, 0.6) is 0 Å². The van der Waals surface area contributed by atoms with Crippen molar-refractivity contribution in [1.82, 2.24) is 4.98 Å². The number of carbonyl (C=O) groups excluding carboxylic acids is 1. The van der Waals surface area contributed by atoms with Crippen molar-refractivity contribution in [2.75, 3.05) is 17.7 Å². The molecule has 0 saturated heterocycles. The number of halogens is 1. The van der Waals surface area contributed by atoms with Crippen molar-refractivity contribution in [2.45, 2.75) is 19.3 Å². The fourth-order valence-electron chi connectivity index (χ4n) is 1.84. The molecule has 15 heavy (non-hydrogen) atoms. The van der Waals surface area contributed by atoms with Crippen LogP contribution in [0.2, 0.25) is 0 Å². The zero-order valence-corrected chi connectivity index (χ0v) is 9.76. The molecular weight excluding hydrogens is 214 g/mol. The van der Waals surface area contributed by atoms with Crippen LogP contribution in [0.4, 0.5) is 11.6 Å². The number of likely N-dealkylation sites (N-methyl/N-ethyl adjacent to an activating group) is 1. The van der Waals surface area contributed by atoms with Gasteiger partial charge in [-0.25, -0.2) is 4.98 Å². The normalized spacial score (nSPS) is 17.3. The Bertz CT molecular complexity index is 417. The Morgan fingerprint density at radius 1 is 1.40 bits per heavy atom. The molecule has 1 aromatic rings. The van der Waals surface area contributed by atoms with Crippen LogP contribution in [-0.2, 0) is 10.2 Å². The van der Waals surface area contributed by atoms with Crippen LogP contribution in [0, 0.1) is 0 Å². The van der Waals surface area contributed by atoms with E-state index < -0.39 is 5.41 Å². The molecule has 0 atom stereocenters. The quantitative estimate of drug-likeness (QED) is 0.728. The van der Waals surface area contributed by atoms with Crippen LogP contribution in [-0.4, -0.2) is 17.9 Å². The molecule has 0 unspecified atom stereocenters. The lowest BCUT2D eigenvalue weighted by Crippen LogP contribution is -2.33. The number of hydrogen-bond donors (Lipinski definition) is 1. The topological polar surface area (TPSA) is 59.2 Å². The van der Waals surface area contributed by atoms with Gasteiger partial charge in [-0.05, 0) is 19.9 Å². The molecule has 0 spiro atoms. The molecule has 2 heterocycles. The summed E-state index contributed by atoms with van der Waals surface area (Å²) < 4.78 is 0. The van der Waals surface area contributed by atoms with E-state index >= 15 is 0 Å². The zero-order valence-electron chi connectivity index (χ0n) is 8.94. The van der Waals surface area contributed by atoms with Gasteiger partial charge in [0, 0.05) is 12.6 Å². The smallest absolute Gasteiger partial charge is 0.238 e. The minimum Gasteiger partial charge on any atom is -0.384 e. The van der Waals surface area contributed by atoms with Gasteiger partial charge in [0.15, 0.2) is 0 Å². The van der Waals surface area contributed by atoms with Gasteiger partial charge < -0.3 is 5.73 Å². The third-order valence-electron chi connectivity index (χ3n) is 2.73. The average molecular weight is 228 g/mol. The number of nitrogen functional groups attached to an aromatic ring is 1. The Hall–Kier alpha value is -1.29. The summed E-state index contributed by atoms with van der Waals surface area (Å²) in [4.78, 5) is 17.6. The van der Waals surface area contributed by atoms with Crippen molar-refractivity contribution in [3.8, 4) is 0 Å². The number of anilines is 2. The first-order valence-electron chi connectivity index (χ1n) is 4.50. The summed E-state index contributed by atoms with van der Waals surface area (Å²) in [6.07, 6.45) is 0. The number of nitrogens with zero attached hydrogens (tertiary/aromatic N) is 2. The van der Waals surface area contributed by atoms with E-state index in [0.717, 1.165) is 5.56 Å². The Morgan fingerprint density at radius 3 is 2.60 bits per heavy atom. The van der Waals surface area contributed by atoms with Gasteiger partial charge in [-0.2, -0.15) is 0 Å². The highest BCUT2D eigenvalue weighted by molar-refractivity contribution is 6.06. The molecule has 0 bridgehead atoms. The fraction of sp³-hybridized carbons (Fsp3) is 0.400. The second-order valence-corrected chi connectivity index (χ2v) is 4.10. The van der Waals surface area contributed by atoms with E-state index in [-0.39, 0.29) is 18.3 Å². The monoisotopic (exact) mass is 227 g/mol. The van der Waals surface area contributed by atoms with Crippen molar-refractivity contribution in [1.29, 1.82) is 0 Å². The highest BCUT2D eigenvalue weighted by atomic mass is 35.5. The predicted molar refractivity (Wildman–Crippen MR) is 62.3 cm³/mol. The second-order valence-electron chi connectivity index (χ2n) is 4.10. The molecule has 1 amide bonds. The number of carbonyl (C=O) groups is 1. The van der Waals surface area contributed by atoms with Gasteiger partial charge in [0.1, 0.15) is 11.6 Å². The summed E-state index contributed by atoms with van der Waals surface area (Å²) in [5.41, 5.74) is 6.04. The lowest BCUT2D eigenvalue weighted by molar-refractivity contribution is -0.121. The number of pyridine rings is 1. The second kappa shape index (κ2) is 3.38. The number of aromatic nitrogens is 1. The van der Waals surface area contributed by atoms with Crippen molar-refractivity contribution in [2.24, 2.45) is 0 Å². The van der Waals surface area contributed by atoms with Gasteiger partial charge in [0.25, 0.3) is 0 Å². The Labute approximate surface area is 94.9 Å². The first-order valence-corrected chi connectivity index (χ1v) is 4.50. The molecular formula is C10H14ClN3O. The van der Waals surface area contributed by atoms with E-state index in [1.807, 2.05) is 19.9 Å². The van der Waals surface area contributed by atoms with Gasteiger partial charge in [-0.15, -0.1) is 12.4 Å². The van der Waals surface area contributed by atoms with Gasteiger partial charge in [0.05, 0.1) is 5.41 Å². The number of nitrogens with two attached hydrogens (primary N) is 1. The minimum atomic E-state index is -0.481. The van der Waals surface area contributed by atoms with Gasteiger partial charge in [-0.3, -0.25) is 9.69 Å². The summed E-state index contributed by atoms with van der Waals surface area (Å²) in [6, 6.07) is 3.60. The SMILES string of the molecule is CN1C(=O)C(C)(C)c2ccc(N)nc21.Cl. The Morgan fingerprint density at radius 2 is 2.00 bits per heavy atom. The van der Waals surface area contributed by atoms with Crippen molar-refractivity contribution >= 4 is 29.9 Å². The van der Waals surface area contributed by atoms with Gasteiger partial charge in [-0.1, -0.05) is 6.07 Å². The number of hydrogen-bond acceptors (Lipinski definition) is 3. The average Bonchev–Trinajstić information content (AvgIpc) is 2.28. The van der Waals surface area contributed by atoms with Crippen LogP contribution >= 0.6 is 12.4 Å². The molecule has 4 nitrogen and oxygen atoms in total. The molecule has 2 rings (SSSR count). The van der Waals surface area contributed by atoms with Crippen molar-refractivity contribution in [3.63, 3.8) is 0 Å². The maximum atomic E-state index is 11.8. The molecule has 0 aromatic carbocycles. The van der Waals surface area contributed by atoms with Crippen LogP contribution in [0.15, 0.2) is 12.1 Å². The van der Waals surface area contributed by atoms with E-state index in [2.05, 4.69) is 4.98 Å². The molecule has 1 aromatic heterocycles. The lowest BCUT2D eigenvalue weighted by Gasteiger charge is -2.15. The summed E-state index contributed by atoms with van der Waals surface area (Å²) in [5, 5.41) is 0. The van der Waals surface area contributed by atoms with Crippen molar-refractivity contribution in [3.05, 3.63) is 17.7 Å². The Kier molecular flexibility index (Phi) is 2.65. The van der Waals surface area contributed by atoms with Crippen molar-refractivity contribution < 1.29 is 4.79 Å². The number of rotatable bonds is 0. The van der Waals surface area contributed by atoms with Crippen LogP contribution < -0.4 is 10.6 Å². The summed E-state index contributed by atoms with van der Waals surface area (Å²) in [5.74, 6) is 1.19. The van der Waals surface area contributed by atoms with E-state index in [9.17, 15) is 4.79 Å². The molecule has 2 N–H and O–H groups in total. The molecule has 1 aliphatic heterocycles. The van der Waals surface area contributed by atoms with E-state index in [0.29, 0.717) is 11.6 Å². The maximum Gasteiger partial charge on any atom is 0.238 e. The predicted octanol–water partition coefficient (Wildman–Crippen LogP) is 1.34. The zero-order chi connectivity index (χ0) is 10.5. The minimum absolute atomic E-state index is 0. The van der Waals surface area contributed by atoms with E-state index in [4.69, 9.17) is 5.73 Å². The fourth-order valence-corrected chi connectivity index (χ4v) is 1.84. The maximum absolute atomic E-state index is 11.8. The molecule has 0 saturated carbocycles. The first kappa shape index (κ1) is 11.8. The summed E-state index contributed by atoms with van der Waals surface area (Å²) >= 11 is 0. The Balaban J connectivity index is 0.00000112.